The Morgan fingerprint density at radius 3 is 2.18 bits per heavy atom. The van der Waals surface area contributed by atoms with Crippen molar-refractivity contribution in [3.05, 3.63) is 34.4 Å². The molecule has 1 aliphatic rings. The molecule has 0 aromatic heterocycles. The standard InChI is InChI=1S/C11H16/c1-5-10-6-9(4)11(7-10)8(2)3/h6-7H,5H2,1-4H3. The van der Waals surface area contributed by atoms with Crippen molar-refractivity contribution in [3.8, 4) is 0 Å². The third kappa shape index (κ3) is 1.62. The summed E-state index contributed by atoms with van der Waals surface area (Å²) < 4.78 is 0. The number of hydrogen-bond donors (Lipinski definition) is 0. The molecule has 1 rings (SSSR count). The first kappa shape index (κ1) is 8.32. The molecule has 0 heteroatoms. The van der Waals surface area contributed by atoms with Gasteiger partial charge in [-0.2, -0.15) is 0 Å². The van der Waals surface area contributed by atoms with Crippen LogP contribution in [0.1, 0.15) is 34.1 Å². The van der Waals surface area contributed by atoms with Crippen molar-refractivity contribution in [1.82, 2.24) is 0 Å². The molecule has 0 aromatic rings. The van der Waals surface area contributed by atoms with E-state index in [1.807, 2.05) is 0 Å². The molecule has 0 radical (unpaired) electrons. The van der Waals surface area contributed by atoms with Crippen molar-refractivity contribution in [1.29, 1.82) is 0 Å². The van der Waals surface area contributed by atoms with Crippen LogP contribution in [0.25, 0.3) is 0 Å². The molecule has 0 heterocycles. The van der Waals surface area contributed by atoms with E-state index in [-0.39, 0.29) is 0 Å². The highest BCUT2D eigenvalue weighted by Gasteiger charge is 2.07. The highest BCUT2D eigenvalue weighted by atomic mass is 14.1. The van der Waals surface area contributed by atoms with Crippen molar-refractivity contribution in [2.24, 2.45) is 0 Å². The molecule has 0 bridgehead atoms. The summed E-state index contributed by atoms with van der Waals surface area (Å²) in [6.07, 6.45) is 5.72. The Hall–Kier alpha value is -0.780. The second-order valence-electron chi connectivity index (χ2n) is 3.31. The van der Waals surface area contributed by atoms with Gasteiger partial charge in [0.1, 0.15) is 0 Å². The van der Waals surface area contributed by atoms with Crippen molar-refractivity contribution in [2.75, 3.05) is 0 Å². The fourth-order valence-corrected chi connectivity index (χ4v) is 1.44. The van der Waals surface area contributed by atoms with Crippen LogP contribution in [0.2, 0.25) is 0 Å². The van der Waals surface area contributed by atoms with E-state index in [1.54, 1.807) is 0 Å². The lowest BCUT2D eigenvalue weighted by Crippen LogP contribution is -1.78. The molecule has 0 amide bonds. The topological polar surface area (TPSA) is 0 Å². The third-order valence-electron chi connectivity index (χ3n) is 2.10. The van der Waals surface area contributed by atoms with Gasteiger partial charge >= 0.3 is 0 Å². The van der Waals surface area contributed by atoms with E-state index in [0.29, 0.717) is 0 Å². The van der Waals surface area contributed by atoms with Crippen molar-refractivity contribution >= 4 is 0 Å². The maximum absolute atomic E-state index is 2.30. The van der Waals surface area contributed by atoms with Gasteiger partial charge in [0.25, 0.3) is 0 Å². The average Bonchev–Trinajstić information content (AvgIpc) is 2.30. The van der Waals surface area contributed by atoms with Crippen molar-refractivity contribution < 1.29 is 0 Å². The van der Waals surface area contributed by atoms with Gasteiger partial charge in [-0.3, -0.25) is 0 Å². The summed E-state index contributed by atoms with van der Waals surface area (Å²) in [4.78, 5) is 0. The minimum atomic E-state index is 1.15. The second-order valence-corrected chi connectivity index (χ2v) is 3.31. The fourth-order valence-electron chi connectivity index (χ4n) is 1.44. The normalized spacial score (nSPS) is 16.5. The lowest BCUT2D eigenvalue weighted by Gasteiger charge is -1.98. The predicted octanol–water partition coefficient (Wildman–Crippen LogP) is 3.62. The van der Waals surface area contributed by atoms with Gasteiger partial charge in [-0.1, -0.05) is 24.6 Å². The average molecular weight is 148 g/mol. The van der Waals surface area contributed by atoms with E-state index < -0.39 is 0 Å². The molecule has 0 N–H and O–H groups in total. The second kappa shape index (κ2) is 3.08. The number of rotatable bonds is 1. The molecular weight excluding hydrogens is 132 g/mol. The van der Waals surface area contributed by atoms with Crippen LogP contribution in [-0.4, -0.2) is 0 Å². The molecule has 0 atom stereocenters. The molecule has 11 heavy (non-hydrogen) atoms. The van der Waals surface area contributed by atoms with Gasteiger partial charge in [-0.05, 0) is 43.9 Å². The molecule has 0 saturated carbocycles. The smallest absolute Gasteiger partial charge is 0.0238 e. The van der Waals surface area contributed by atoms with Gasteiger partial charge in [0, 0.05) is 0 Å². The van der Waals surface area contributed by atoms with Gasteiger partial charge in [0.2, 0.25) is 0 Å². The predicted molar refractivity (Wildman–Crippen MR) is 50.5 cm³/mol. The molecule has 0 aliphatic heterocycles. The fraction of sp³-hybridized carbons (Fsp3) is 0.455. The number of allylic oxidation sites excluding steroid dienone is 6. The zero-order chi connectivity index (χ0) is 8.43. The first-order valence-electron chi connectivity index (χ1n) is 4.22. The zero-order valence-corrected chi connectivity index (χ0v) is 7.86. The summed E-state index contributed by atoms with van der Waals surface area (Å²) in [6, 6.07) is 0. The van der Waals surface area contributed by atoms with Crippen LogP contribution in [-0.2, 0) is 0 Å². The van der Waals surface area contributed by atoms with Gasteiger partial charge in [-0.25, -0.2) is 0 Å². The summed E-state index contributed by atoms with van der Waals surface area (Å²) >= 11 is 0. The number of hydrogen-bond acceptors (Lipinski definition) is 0. The van der Waals surface area contributed by atoms with E-state index >= 15 is 0 Å². The monoisotopic (exact) mass is 148 g/mol. The third-order valence-corrected chi connectivity index (χ3v) is 2.10. The van der Waals surface area contributed by atoms with E-state index in [4.69, 9.17) is 0 Å². The first-order valence-corrected chi connectivity index (χ1v) is 4.22. The molecule has 0 spiro atoms. The van der Waals surface area contributed by atoms with Gasteiger partial charge in [-0.15, -0.1) is 0 Å². The Morgan fingerprint density at radius 1 is 1.27 bits per heavy atom. The Balaban J connectivity index is 3.00. The van der Waals surface area contributed by atoms with Crippen molar-refractivity contribution in [3.63, 3.8) is 0 Å². The zero-order valence-electron chi connectivity index (χ0n) is 7.86. The Bertz CT molecular complexity index is 245. The lowest BCUT2D eigenvalue weighted by molar-refractivity contribution is 1.16. The summed E-state index contributed by atoms with van der Waals surface area (Å²) in [6.45, 7) is 8.72. The molecule has 0 saturated heterocycles. The van der Waals surface area contributed by atoms with E-state index in [2.05, 4.69) is 39.8 Å². The molecule has 1 aliphatic carbocycles. The summed E-state index contributed by atoms with van der Waals surface area (Å²) in [5, 5.41) is 0. The van der Waals surface area contributed by atoms with Crippen LogP contribution in [0, 0.1) is 0 Å². The highest BCUT2D eigenvalue weighted by molar-refractivity contribution is 5.53. The first-order chi connectivity index (χ1) is 5.15. The SMILES string of the molecule is CCC1=CC(=C(C)C)C(C)=C1. The molecule has 0 aromatic carbocycles. The maximum atomic E-state index is 2.30. The van der Waals surface area contributed by atoms with Gasteiger partial charge in [0.05, 0.1) is 0 Å². The van der Waals surface area contributed by atoms with Crippen molar-refractivity contribution in [2.45, 2.75) is 34.1 Å². The molecule has 0 nitrogen and oxygen atoms in total. The molecule has 0 unspecified atom stereocenters. The maximum Gasteiger partial charge on any atom is -0.0238 e. The summed E-state index contributed by atoms with van der Waals surface area (Å²) in [5.41, 5.74) is 5.73. The summed E-state index contributed by atoms with van der Waals surface area (Å²) in [5.74, 6) is 0. The van der Waals surface area contributed by atoms with Gasteiger partial charge in [0.15, 0.2) is 0 Å². The quantitative estimate of drug-likeness (QED) is 0.532. The minimum absolute atomic E-state index is 1.15. The van der Waals surface area contributed by atoms with Gasteiger partial charge < -0.3 is 0 Å². The van der Waals surface area contributed by atoms with Crippen LogP contribution in [0.4, 0.5) is 0 Å². The Kier molecular flexibility index (Phi) is 2.33. The van der Waals surface area contributed by atoms with E-state index in [9.17, 15) is 0 Å². The Labute approximate surface area is 69.3 Å². The minimum Gasteiger partial charge on any atom is -0.0689 e. The van der Waals surface area contributed by atoms with Crippen LogP contribution in [0.15, 0.2) is 34.4 Å². The van der Waals surface area contributed by atoms with Crippen LogP contribution < -0.4 is 0 Å². The highest BCUT2D eigenvalue weighted by Crippen LogP contribution is 2.26. The molecule has 0 fully saturated rings. The van der Waals surface area contributed by atoms with E-state index in [0.717, 1.165) is 6.42 Å². The molecule has 60 valence electrons. The largest absolute Gasteiger partial charge is 0.0689 e. The Morgan fingerprint density at radius 2 is 1.91 bits per heavy atom. The molecular formula is C11H16. The van der Waals surface area contributed by atoms with Crippen LogP contribution >= 0.6 is 0 Å². The lowest BCUT2D eigenvalue weighted by atomic mass is 10.1. The van der Waals surface area contributed by atoms with Crippen LogP contribution in [0.3, 0.4) is 0 Å². The van der Waals surface area contributed by atoms with Crippen LogP contribution in [0.5, 0.6) is 0 Å². The van der Waals surface area contributed by atoms with E-state index in [1.165, 1.54) is 22.3 Å². The summed E-state index contributed by atoms with van der Waals surface area (Å²) in [7, 11) is 0.